The quantitative estimate of drug-likeness (QED) is 0.860. The average molecular weight is 313 g/mol. The molecule has 1 aliphatic rings. The third-order valence-corrected chi connectivity index (χ3v) is 3.46. The molecule has 0 bridgehead atoms. The fourth-order valence-corrected chi connectivity index (χ4v) is 2.56. The molecule has 0 radical (unpaired) electrons. The molecule has 0 aromatic carbocycles. The van der Waals surface area contributed by atoms with Crippen LogP contribution in [0.2, 0.25) is 0 Å². The van der Waals surface area contributed by atoms with Gasteiger partial charge in [0.15, 0.2) is 0 Å². The molecule has 1 saturated heterocycles. The van der Waals surface area contributed by atoms with E-state index in [1.54, 1.807) is 0 Å². The first-order chi connectivity index (χ1) is 8.65. The van der Waals surface area contributed by atoms with Crippen molar-refractivity contribution < 1.29 is 4.79 Å². The van der Waals surface area contributed by atoms with Gasteiger partial charge in [0.05, 0.1) is 0 Å². The van der Waals surface area contributed by atoms with E-state index in [0.717, 1.165) is 35.6 Å². The third-order valence-electron chi connectivity index (χ3n) is 3.06. The summed E-state index contributed by atoms with van der Waals surface area (Å²) < 4.78 is 0.769. The summed E-state index contributed by atoms with van der Waals surface area (Å²) in [6, 6.07) is 1.74. The van der Waals surface area contributed by atoms with E-state index in [9.17, 15) is 4.79 Å². The van der Waals surface area contributed by atoms with Gasteiger partial charge in [-0.1, -0.05) is 13.8 Å². The van der Waals surface area contributed by atoms with Gasteiger partial charge in [0.25, 0.3) is 0 Å². The van der Waals surface area contributed by atoms with Crippen molar-refractivity contribution in [2.24, 2.45) is 0 Å². The average Bonchev–Trinajstić information content (AvgIpc) is 2.37. The number of amides is 1. The molecule has 1 amide bonds. The smallest absolute Gasteiger partial charge is 0.242 e. The summed E-state index contributed by atoms with van der Waals surface area (Å²) in [7, 11) is 0. The van der Waals surface area contributed by atoms with E-state index < -0.39 is 0 Å². The predicted octanol–water partition coefficient (Wildman–Crippen LogP) is 1.52. The number of piperazine rings is 1. The number of aromatic nitrogens is 2. The second-order valence-electron chi connectivity index (χ2n) is 4.23. The molecule has 18 heavy (non-hydrogen) atoms. The van der Waals surface area contributed by atoms with Gasteiger partial charge in [-0.15, -0.1) is 0 Å². The molecule has 1 aromatic heterocycles. The zero-order valence-electron chi connectivity index (χ0n) is 10.6. The first-order valence-corrected chi connectivity index (χ1v) is 7.02. The first kappa shape index (κ1) is 13.3. The lowest BCUT2D eigenvalue weighted by Gasteiger charge is -2.35. The second-order valence-corrected chi connectivity index (χ2v) is 5.04. The molecule has 5 nitrogen and oxygen atoms in total. The van der Waals surface area contributed by atoms with Crippen LogP contribution < -0.4 is 10.2 Å². The van der Waals surface area contributed by atoms with Crippen LogP contribution in [-0.2, 0) is 11.2 Å². The van der Waals surface area contributed by atoms with Gasteiger partial charge >= 0.3 is 0 Å². The number of nitrogens with zero attached hydrogens (tertiary/aromatic N) is 3. The minimum atomic E-state index is -0.134. The molecule has 1 N–H and O–H groups in total. The van der Waals surface area contributed by atoms with Crippen molar-refractivity contribution in [2.45, 2.75) is 32.7 Å². The standard InChI is InChI=1S/C12H17BrN4O/c1-3-8-12(18)14-5-6-17(8)11-7-9(13)15-10(4-2)16-11/h7-8H,3-6H2,1-2H3,(H,14,18). The molecule has 0 saturated carbocycles. The Balaban J connectivity index is 2.34. The summed E-state index contributed by atoms with van der Waals surface area (Å²) in [6.45, 7) is 5.49. The van der Waals surface area contributed by atoms with Crippen molar-refractivity contribution in [1.29, 1.82) is 0 Å². The highest BCUT2D eigenvalue weighted by atomic mass is 79.9. The molecule has 0 aliphatic carbocycles. The zero-order valence-corrected chi connectivity index (χ0v) is 12.2. The topological polar surface area (TPSA) is 58.1 Å². The van der Waals surface area contributed by atoms with Crippen LogP contribution in [0, 0.1) is 0 Å². The Morgan fingerprint density at radius 3 is 2.94 bits per heavy atom. The maximum atomic E-state index is 11.8. The summed E-state index contributed by atoms with van der Waals surface area (Å²) >= 11 is 3.40. The van der Waals surface area contributed by atoms with Crippen LogP contribution in [0.5, 0.6) is 0 Å². The molecule has 6 heteroatoms. The Morgan fingerprint density at radius 1 is 1.50 bits per heavy atom. The molecule has 1 aliphatic heterocycles. The van der Waals surface area contributed by atoms with Crippen LogP contribution in [0.25, 0.3) is 0 Å². The summed E-state index contributed by atoms with van der Waals surface area (Å²) in [5.74, 6) is 1.70. The molecular weight excluding hydrogens is 296 g/mol. The molecule has 1 fully saturated rings. The first-order valence-electron chi connectivity index (χ1n) is 6.23. The van der Waals surface area contributed by atoms with Crippen LogP contribution in [0.3, 0.4) is 0 Å². The monoisotopic (exact) mass is 312 g/mol. The highest BCUT2D eigenvalue weighted by Gasteiger charge is 2.29. The Hall–Kier alpha value is -1.17. The number of hydrogen-bond acceptors (Lipinski definition) is 4. The van der Waals surface area contributed by atoms with E-state index in [1.807, 2.05) is 19.9 Å². The lowest BCUT2D eigenvalue weighted by molar-refractivity contribution is -0.123. The van der Waals surface area contributed by atoms with Gasteiger partial charge in [-0.3, -0.25) is 4.79 Å². The minimum Gasteiger partial charge on any atom is -0.353 e. The van der Waals surface area contributed by atoms with E-state index >= 15 is 0 Å². The molecule has 2 rings (SSSR count). The van der Waals surface area contributed by atoms with E-state index in [2.05, 4.69) is 36.1 Å². The van der Waals surface area contributed by atoms with Crippen molar-refractivity contribution >= 4 is 27.7 Å². The maximum Gasteiger partial charge on any atom is 0.242 e. The molecule has 2 heterocycles. The van der Waals surface area contributed by atoms with Gasteiger partial charge in [-0.05, 0) is 22.4 Å². The van der Waals surface area contributed by atoms with Crippen molar-refractivity contribution in [3.8, 4) is 0 Å². The lowest BCUT2D eigenvalue weighted by Crippen LogP contribution is -2.55. The van der Waals surface area contributed by atoms with Crippen LogP contribution in [0.15, 0.2) is 10.7 Å². The molecule has 1 unspecified atom stereocenters. The minimum absolute atomic E-state index is 0.0801. The Morgan fingerprint density at radius 2 is 2.28 bits per heavy atom. The maximum absolute atomic E-state index is 11.8. The summed E-state index contributed by atoms with van der Waals surface area (Å²) in [5, 5.41) is 2.89. The fraction of sp³-hybridized carbons (Fsp3) is 0.583. The Labute approximate surface area is 115 Å². The molecule has 1 aromatic rings. The van der Waals surface area contributed by atoms with Crippen molar-refractivity contribution in [1.82, 2.24) is 15.3 Å². The van der Waals surface area contributed by atoms with E-state index in [-0.39, 0.29) is 11.9 Å². The normalized spacial score (nSPS) is 19.8. The van der Waals surface area contributed by atoms with E-state index in [1.165, 1.54) is 0 Å². The molecule has 0 spiro atoms. The summed E-state index contributed by atoms with van der Waals surface area (Å²) in [5.41, 5.74) is 0. The van der Waals surface area contributed by atoms with E-state index in [4.69, 9.17) is 0 Å². The fourth-order valence-electron chi connectivity index (χ4n) is 2.15. The number of rotatable bonds is 3. The third kappa shape index (κ3) is 2.63. The van der Waals surface area contributed by atoms with Crippen molar-refractivity contribution in [2.75, 3.05) is 18.0 Å². The van der Waals surface area contributed by atoms with Crippen molar-refractivity contribution in [3.05, 3.63) is 16.5 Å². The highest BCUT2D eigenvalue weighted by Crippen LogP contribution is 2.21. The highest BCUT2D eigenvalue weighted by molar-refractivity contribution is 9.10. The predicted molar refractivity (Wildman–Crippen MR) is 73.5 cm³/mol. The van der Waals surface area contributed by atoms with Crippen LogP contribution >= 0.6 is 15.9 Å². The number of hydrogen-bond donors (Lipinski definition) is 1. The van der Waals surface area contributed by atoms with Crippen molar-refractivity contribution in [3.63, 3.8) is 0 Å². The zero-order chi connectivity index (χ0) is 13.1. The number of nitrogens with one attached hydrogen (secondary N) is 1. The van der Waals surface area contributed by atoms with Gasteiger partial charge in [0.1, 0.15) is 22.3 Å². The number of carbonyl (C=O) groups is 1. The van der Waals surface area contributed by atoms with E-state index in [0.29, 0.717) is 6.54 Å². The van der Waals surface area contributed by atoms with Gasteiger partial charge in [-0.2, -0.15) is 0 Å². The van der Waals surface area contributed by atoms with Gasteiger partial charge in [-0.25, -0.2) is 9.97 Å². The Bertz CT molecular complexity index is 452. The number of halogens is 1. The Kier molecular flexibility index (Phi) is 4.16. The lowest BCUT2D eigenvalue weighted by atomic mass is 10.1. The molecular formula is C12H17BrN4O. The van der Waals surface area contributed by atoms with Gasteiger partial charge in [0, 0.05) is 25.6 Å². The van der Waals surface area contributed by atoms with Crippen LogP contribution in [0.4, 0.5) is 5.82 Å². The van der Waals surface area contributed by atoms with Gasteiger partial charge in [0.2, 0.25) is 5.91 Å². The molecule has 98 valence electrons. The van der Waals surface area contributed by atoms with Crippen LogP contribution in [0.1, 0.15) is 26.1 Å². The van der Waals surface area contributed by atoms with Crippen LogP contribution in [-0.4, -0.2) is 35.0 Å². The summed E-state index contributed by atoms with van der Waals surface area (Å²) in [4.78, 5) is 22.7. The van der Waals surface area contributed by atoms with Gasteiger partial charge < -0.3 is 10.2 Å². The largest absolute Gasteiger partial charge is 0.353 e. The number of aryl methyl sites for hydroxylation is 1. The second kappa shape index (κ2) is 5.65. The SMILES string of the molecule is CCc1nc(Br)cc(N2CCNC(=O)C2CC)n1. The molecule has 1 atom stereocenters. The summed E-state index contributed by atoms with van der Waals surface area (Å²) in [6.07, 6.45) is 1.55. The number of anilines is 1. The number of carbonyl (C=O) groups excluding carboxylic acids is 1.